The Bertz CT molecular complexity index is 163. The van der Waals surface area contributed by atoms with Gasteiger partial charge in [-0.2, -0.15) is 0 Å². The van der Waals surface area contributed by atoms with Gasteiger partial charge < -0.3 is 4.74 Å². The first-order chi connectivity index (χ1) is 5.59. The Morgan fingerprint density at radius 3 is 2.58 bits per heavy atom. The Labute approximate surface area is 74.3 Å². The molecule has 0 bridgehead atoms. The molecule has 0 saturated carbocycles. The van der Waals surface area contributed by atoms with E-state index in [4.69, 9.17) is 4.74 Å². The van der Waals surface area contributed by atoms with Gasteiger partial charge in [-0.25, -0.2) is 0 Å². The molecule has 2 nitrogen and oxygen atoms in total. The lowest BCUT2D eigenvalue weighted by Crippen LogP contribution is -2.17. The van der Waals surface area contributed by atoms with E-state index in [2.05, 4.69) is 13.8 Å². The first-order valence-electron chi connectivity index (χ1n) is 4.74. The van der Waals surface area contributed by atoms with Gasteiger partial charge in [0.05, 0.1) is 12.2 Å². The van der Waals surface area contributed by atoms with Gasteiger partial charge >= 0.3 is 0 Å². The second-order valence-electron chi connectivity index (χ2n) is 4.02. The van der Waals surface area contributed by atoms with Crippen LogP contribution in [0.25, 0.3) is 0 Å². The number of hydrogen-bond donors (Lipinski definition) is 0. The fourth-order valence-electron chi connectivity index (χ4n) is 1.69. The summed E-state index contributed by atoms with van der Waals surface area (Å²) in [4.78, 5) is 10.8. The van der Waals surface area contributed by atoms with Crippen molar-refractivity contribution in [1.29, 1.82) is 0 Å². The largest absolute Gasteiger partial charge is 0.374 e. The molecule has 2 heteroatoms. The molecule has 1 aliphatic rings. The summed E-state index contributed by atoms with van der Waals surface area (Å²) in [5.74, 6) is 0.825. The first kappa shape index (κ1) is 9.72. The molecule has 1 rings (SSSR count). The van der Waals surface area contributed by atoms with Gasteiger partial charge in [-0.3, -0.25) is 4.79 Å². The van der Waals surface area contributed by atoms with Gasteiger partial charge in [0.1, 0.15) is 5.78 Å². The van der Waals surface area contributed by atoms with Gasteiger partial charge in [-0.15, -0.1) is 0 Å². The number of Topliss-reactive ketones (excluding diaryl/α,β-unsaturated/α-hetero) is 1. The fraction of sp³-hybridized carbons (Fsp3) is 0.900. The molecular formula is C10H18O2. The number of ketones is 1. The van der Waals surface area contributed by atoms with Gasteiger partial charge in [0.2, 0.25) is 0 Å². The number of rotatable bonds is 3. The zero-order valence-electron chi connectivity index (χ0n) is 8.17. The van der Waals surface area contributed by atoms with Crippen molar-refractivity contribution in [3.63, 3.8) is 0 Å². The maximum Gasteiger partial charge on any atom is 0.132 e. The smallest absolute Gasteiger partial charge is 0.132 e. The minimum atomic E-state index is 0.204. The molecule has 70 valence electrons. The second kappa shape index (κ2) is 4.04. The van der Waals surface area contributed by atoms with E-state index in [1.807, 2.05) is 0 Å². The van der Waals surface area contributed by atoms with E-state index in [1.54, 1.807) is 6.92 Å². The molecule has 1 heterocycles. The molecule has 0 aromatic rings. The summed E-state index contributed by atoms with van der Waals surface area (Å²) < 4.78 is 5.71. The molecule has 0 aliphatic carbocycles. The highest BCUT2D eigenvalue weighted by Gasteiger charge is 2.27. The highest BCUT2D eigenvalue weighted by atomic mass is 16.5. The quantitative estimate of drug-likeness (QED) is 0.649. The Morgan fingerprint density at radius 2 is 2.17 bits per heavy atom. The zero-order valence-corrected chi connectivity index (χ0v) is 8.17. The summed E-state index contributed by atoms with van der Waals surface area (Å²) >= 11 is 0. The molecule has 0 amide bonds. The Balaban J connectivity index is 2.30. The minimum Gasteiger partial charge on any atom is -0.374 e. The van der Waals surface area contributed by atoms with Gasteiger partial charge in [-0.1, -0.05) is 13.8 Å². The van der Waals surface area contributed by atoms with Gasteiger partial charge in [-0.05, 0) is 25.7 Å². The van der Waals surface area contributed by atoms with Gasteiger partial charge in [0, 0.05) is 6.42 Å². The fourth-order valence-corrected chi connectivity index (χ4v) is 1.69. The SMILES string of the molecule is CC(=O)CC1CC[C@H](C(C)C)O1. The summed E-state index contributed by atoms with van der Waals surface area (Å²) in [5, 5.41) is 0. The number of carbonyl (C=O) groups is 1. The average Bonchev–Trinajstić information content (AvgIpc) is 2.34. The molecule has 0 radical (unpaired) electrons. The predicted molar refractivity (Wildman–Crippen MR) is 48.0 cm³/mol. The Hall–Kier alpha value is -0.370. The van der Waals surface area contributed by atoms with Crippen LogP contribution in [0.3, 0.4) is 0 Å². The molecule has 0 N–H and O–H groups in total. The Morgan fingerprint density at radius 1 is 1.50 bits per heavy atom. The standard InChI is InChI=1S/C10H18O2/c1-7(2)10-5-4-9(12-10)6-8(3)11/h7,9-10H,4-6H2,1-3H3/t9?,10-/m1/s1. The van der Waals surface area contributed by atoms with Crippen molar-refractivity contribution in [2.45, 2.75) is 52.2 Å². The summed E-state index contributed by atoms with van der Waals surface area (Å²) in [6.45, 7) is 5.97. The van der Waals surface area contributed by atoms with Crippen LogP contribution in [0.4, 0.5) is 0 Å². The second-order valence-corrected chi connectivity index (χ2v) is 4.02. The molecule has 0 aromatic heterocycles. The van der Waals surface area contributed by atoms with E-state index in [0.29, 0.717) is 18.4 Å². The lowest BCUT2D eigenvalue weighted by Gasteiger charge is -2.15. The molecule has 1 saturated heterocycles. The van der Waals surface area contributed by atoms with Crippen LogP contribution < -0.4 is 0 Å². The topological polar surface area (TPSA) is 26.3 Å². The number of hydrogen-bond acceptors (Lipinski definition) is 2. The molecule has 1 aliphatic heterocycles. The Kier molecular flexibility index (Phi) is 3.27. The third kappa shape index (κ3) is 2.59. The van der Waals surface area contributed by atoms with Crippen LogP contribution in [0.2, 0.25) is 0 Å². The molecule has 1 unspecified atom stereocenters. The molecule has 2 atom stereocenters. The number of ether oxygens (including phenoxy) is 1. The summed E-state index contributed by atoms with van der Waals surface area (Å²) in [6.07, 6.45) is 3.37. The van der Waals surface area contributed by atoms with Crippen LogP contribution >= 0.6 is 0 Å². The van der Waals surface area contributed by atoms with E-state index >= 15 is 0 Å². The maximum atomic E-state index is 10.8. The van der Waals surface area contributed by atoms with E-state index < -0.39 is 0 Å². The van der Waals surface area contributed by atoms with E-state index in [9.17, 15) is 4.79 Å². The number of carbonyl (C=O) groups excluding carboxylic acids is 1. The zero-order chi connectivity index (χ0) is 9.14. The molecule has 12 heavy (non-hydrogen) atoms. The lowest BCUT2D eigenvalue weighted by molar-refractivity contribution is -0.119. The van der Waals surface area contributed by atoms with Crippen molar-refractivity contribution in [1.82, 2.24) is 0 Å². The van der Waals surface area contributed by atoms with E-state index in [0.717, 1.165) is 12.8 Å². The normalized spacial score (nSPS) is 29.7. The van der Waals surface area contributed by atoms with Crippen molar-refractivity contribution in [3.05, 3.63) is 0 Å². The van der Waals surface area contributed by atoms with Crippen molar-refractivity contribution >= 4 is 5.78 Å². The van der Waals surface area contributed by atoms with Crippen LogP contribution in [0.15, 0.2) is 0 Å². The average molecular weight is 170 g/mol. The summed E-state index contributed by atoms with van der Waals surface area (Å²) in [7, 11) is 0. The summed E-state index contributed by atoms with van der Waals surface area (Å²) in [5.41, 5.74) is 0. The van der Waals surface area contributed by atoms with Crippen LogP contribution in [-0.2, 0) is 9.53 Å². The summed E-state index contributed by atoms with van der Waals surface area (Å²) in [6, 6.07) is 0. The van der Waals surface area contributed by atoms with Crippen molar-refractivity contribution in [3.8, 4) is 0 Å². The van der Waals surface area contributed by atoms with Crippen molar-refractivity contribution in [2.24, 2.45) is 5.92 Å². The van der Waals surface area contributed by atoms with Crippen LogP contribution in [-0.4, -0.2) is 18.0 Å². The van der Waals surface area contributed by atoms with Crippen LogP contribution in [0.1, 0.15) is 40.0 Å². The maximum absolute atomic E-state index is 10.8. The highest BCUT2D eigenvalue weighted by Crippen LogP contribution is 2.26. The van der Waals surface area contributed by atoms with Gasteiger partial charge in [0.15, 0.2) is 0 Å². The van der Waals surface area contributed by atoms with E-state index in [-0.39, 0.29) is 11.9 Å². The van der Waals surface area contributed by atoms with Gasteiger partial charge in [0.25, 0.3) is 0 Å². The predicted octanol–water partition coefficient (Wildman–Crippen LogP) is 2.17. The highest BCUT2D eigenvalue weighted by molar-refractivity contribution is 5.75. The minimum absolute atomic E-state index is 0.204. The van der Waals surface area contributed by atoms with Crippen molar-refractivity contribution in [2.75, 3.05) is 0 Å². The lowest BCUT2D eigenvalue weighted by atomic mass is 10.0. The monoisotopic (exact) mass is 170 g/mol. The first-order valence-corrected chi connectivity index (χ1v) is 4.74. The molecular weight excluding hydrogens is 152 g/mol. The van der Waals surface area contributed by atoms with E-state index in [1.165, 1.54) is 0 Å². The molecule has 0 aromatic carbocycles. The van der Waals surface area contributed by atoms with Crippen LogP contribution in [0.5, 0.6) is 0 Å². The molecule has 1 fully saturated rings. The third-order valence-electron chi connectivity index (χ3n) is 2.40. The van der Waals surface area contributed by atoms with Crippen molar-refractivity contribution < 1.29 is 9.53 Å². The molecule has 0 spiro atoms. The van der Waals surface area contributed by atoms with Crippen LogP contribution in [0, 0.1) is 5.92 Å². The third-order valence-corrected chi connectivity index (χ3v) is 2.40.